The highest BCUT2D eigenvalue weighted by Gasteiger charge is 2.21. The van der Waals surface area contributed by atoms with E-state index >= 15 is 0 Å². The summed E-state index contributed by atoms with van der Waals surface area (Å²) in [6, 6.07) is 8.84. The van der Waals surface area contributed by atoms with Gasteiger partial charge in [0.15, 0.2) is 0 Å². The molecule has 0 spiro atoms. The van der Waals surface area contributed by atoms with E-state index in [1.54, 1.807) is 0 Å². The lowest BCUT2D eigenvalue weighted by Crippen LogP contribution is -2.34. The molecule has 3 nitrogen and oxygen atoms in total. The summed E-state index contributed by atoms with van der Waals surface area (Å²) in [7, 11) is 0. The van der Waals surface area contributed by atoms with Crippen LogP contribution in [-0.2, 0) is 4.74 Å². The summed E-state index contributed by atoms with van der Waals surface area (Å²) in [5.41, 5.74) is 1.22. The van der Waals surface area contributed by atoms with Gasteiger partial charge in [0.1, 0.15) is 5.75 Å². The second-order valence-corrected chi connectivity index (χ2v) is 6.14. The van der Waals surface area contributed by atoms with E-state index in [-0.39, 0.29) is 12.2 Å². The summed E-state index contributed by atoms with van der Waals surface area (Å²) in [6.45, 7) is 10.3. The Hall–Kier alpha value is -1.06. The number of rotatable bonds is 4. The highest BCUT2D eigenvalue weighted by atomic mass is 16.5. The molecule has 1 aromatic rings. The average molecular weight is 277 g/mol. The standard InChI is InChI=1S/C17H27NO2/c1-12(2)16-9-10-19-17(11-18-16)14-5-7-15(8-6-14)20-13(3)4/h5-8,12-13,16-18H,9-11H2,1-4H3. The third kappa shape index (κ3) is 4.22. The second-order valence-electron chi connectivity index (χ2n) is 6.14. The zero-order valence-corrected chi connectivity index (χ0v) is 13.1. The van der Waals surface area contributed by atoms with Gasteiger partial charge in [0.05, 0.1) is 12.2 Å². The van der Waals surface area contributed by atoms with Crippen molar-refractivity contribution in [2.24, 2.45) is 5.92 Å². The normalized spacial score (nSPS) is 23.9. The minimum Gasteiger partial charge on any atom is -0.491 e. The minimum atomic E-state index is 0.145. The lowest BCUT2D eigenvalue weighted by Gasteiger charge is -2.20. The molecule has 20 heavy (non-hydrogen) atoms. The predicted molar refractivity (Wildman–Crippen MR) is 82.1 cm³/mol. The first kappa shape index (κ1) is 15.3. The van der Waals surface area contributed by atoms with E-state index in [9.17, 15) is 0 Å². The zero-order valence-electron chi connectivity index (χ0n) is 13.1. The van der Waals surface area contributed by atoms with E-state index in [0.717, 1.165) is 25.3 Å². The maximum absolute atomic E-state index is 5.99. The van der Waals surface area contributed by atoms with E-state index in [0.29, 0.717) is 12.0 Å². The molecule has 1 aliphatic heterocycles. The van der Waals surface area contributed by atoms with Crippen LogP contribution < -0.4 is 10.1 Å². The molecular formula is C17H27NO2. The Morgan fingerprint density at radius 2 is 1.85 bits per heavy atom. The number of nitrogens with one attached hydrogen (secondary N) is 1. The smallest absolute Gasteiger partial charge is 0.119 e. The molecule has 1 saturated heterocycles. The van der Waals surface area contributed by atoms with Crippen molar-refractivity contribution in [1.82, 2.24) is 5.32 Å². The van der Waals surface area contributed by atoms with Gasteiger partial charge in [0, 0.05) is 19.2 Å². The fraction of sp³-hybridized carbons (Fsp3) is 0.647. The fourth-order valence-electron chi connectivity index (χ4n) is 2.57. The van der Waals surface area contributed by atoms with E-state index in [2.05, 4.69) is 31.3 Å². The molecule has 2 unspecified atom stereocenters. The molecule has 1 aliphatic rings. The van der Waals surface area contributed by atoms with Gasteiger partial charge in [-0.15, -0.1) is 0 Å². The Kier molecular flexibility index (Phi) is 5.44. The van der Waals surface area contributed by atoms with E-state index in [1.807, 2.05) is 26.0 Å². The molecule has 0 bridgehead atoms. The Morgan fingerprint density at radius 1 is 1.15 bits per heavy atom. The first-order chi connectivity index (χ1) is 9.56. The van der Waals surface area contributed by atoms with Gasteiger partial charge in [-0.3, -0.25) is 0 Å². The largest absolute Gasteiger partial charge is 0.491 e. The lowest BCUT2D eigenvalue weighted by atomic mass is 10.0. The van der Waals surface area contributed by atoms with E-state index in [4.69, 9.17) is 9.47 Å². The van der Waals surface area contributed by atoms with Crippen LogP contribution in [0.25, 0.3) is 0 Å². The van der Waals surface area contributed by atoms with Gasteiger partial charge in [0.2, 0.25) is 0 Å². The van der Waals surface area contributed by atoms with Gasteiger partial charge >= 0.3 is 0 Å². The number of hydrogen-bond acceptors (Lipinski definition) is 3. The fourth-order valence-corrected chi connectivity index (χ4v) is 2.57. The highest BCUT2D eigenvalue weighted by Crippen LogP contribution is 2.24. The third-order valence-electron chi connectivity index (χ3n) is 3.74. The predicted octanol–water partition coefficient (Wildman–Crippen LogP) is 3.55. The highest BCUT2D eigenvalue weighted by molar-refractivity contribution is 5.29. The molecule has 1 N–H and O–H groups in total. The maximum Gasteiger partial charge on any atom is 0.119 e. The van der Waals surface area contributed by atoms with Crippen LogP contribution in [0.5, 0.6) is 5.75 Å². The Labute approximate surface area is 122 Å². The molecule has 1 aromatic carbocycles. The average Bonchev–Trinajstić information content (AvgIpc) is 2.64. The molecule has 0 aromatic heterocycles. The van der Waals surface area contributed by atoms with Crippen molar-refractivity contribution in [2.75, 3.05) is 13.2 Å². The summed E-state index contributed by atoms with van der Waals surface area (Å²) in [5.74, 6) is 1.57. The third-order valence-corrected chi connectivity index (χ3v) is 3.74. The van der Waals surface area contributed by atoms with Crippen LogP contribution in [0.3, 0.4) is 0 Å². The number of benzene rings is 1. The SMILES string of the molecule is CC(C)Oc1ccc(C2CNC(C(C)C)CCO2)cc1. The topological polar surface area (TPSA) is 30.5 Å². The van der Waals surface area contributed by atoms with Crippen LogP contribution in [0.15, 0.2) is 24.3 Å². The van der Waals surface area contributed by atoms with Crippen LogP contribution in [0.2, 0.25) is 0 Å². The van der Waals surface area contributed by atoms with Crippen molar-refractivity contribution in [3.05, 3.63) is 29.8 Å². The molecule has 112 valence electrons. The lowest BCUT2D eigenvalue weighted by molar-refractivity contribution is 0.0660. The molecule has 0 saturated carbocycles. The Bertz CT molecular complexity index is 400. The van der Waals surface area contributed by atoms with Crippen LogP contribution in [0.4, 0.5) is 0 Å². The number of ether oxygens (including phenoxy) is 2. The van der Waals surface area contributed by atoms with Crippen molar-refractivity contribution < 1.29 is 9.47 Å². The van der Waals surface area contributed by atoms with Crippen molar-refractivity contribution in [2.45, 2.75) is 52.4 Å². The number of hydrogen-bond donors (Lipinski definition) is 1. The summed E-state index contributed by atoms with van der Waals surface area (Å²) in [4.78, 5) is 0. The second kappa shape index (κ2) is 7.09. The van der Waals surface area contributed by atoms with Gasteiger partial charge in [-0.25, -0.2) is 0 Å². The van der Waals surface area contributed by atoms with E-state index in [1.165, 1.54) is 5.56 Å². The summed E-state index contributed by atoms with van der Waals surface area (Å²) >= 11 is 0. The van der Waals surface area contributed by atoms with Gasteiger partial charge < -0.3 is 14.8 Å². The Morgan fingerprint density at radius 3 is 2.45 bits per heavy atom. The van der Waals surface area contributed by atoms with Crippen molar-refractivity contribution >= 4 is 0 Å². The van der Waals surface area contributed by atoms with Crippen LogP contribution in [-0.4, -0.2) is 25.3 Å². The minimum absolute atomic E-state index is 0.145. The van der Waals surface area contributed by atoms with Gasteiger partial charge in [-0.05, 0) is 43.9 Å². The summed E-state index contributed by atoms with van der Waals surface area (Å²) in [5, 5.41) is 3.62. The van der Waals surface area contributed by atoms with Crippen molar-refractivity contribution in [1.29, 1.82) is 0 Å². The molecule has 1 fully saturated rings. The quantitative estimate of drug-likeness (QED) is 0.913. The summed E-state index contributed by atoms with van der Waals surface area (Å²) in [6.07, 6.45) is 1.44. The zero-order chi connectivity index (χ0) is 14.5. The maximum atomic E-state index is 5.99. The van der Waals surface area contributed by atoms with Gasteiger partial charge in [-0.2, -0.15) is 0 Å². The van der Waals surface area contributed by atoms with Crippen molar-refractivity contribution in [3.8, 4) is 5.75 Å². The van der Waals surface area contributed by atoms with Crippen LogP contribution in [0, 0.1) is 5.92 Å². The van der Waals surface area contributed by atoms with E-state index < -0.39 is 0 Å². The first-order valence-electron chi connectivity index (χ1n) is 7.68. The monoisotopic (exact) mass is 277 g/mol. The summed E-state index contributed by atoms with van der Waals surface area (Å²) < 4.78 is 11.7. The molecule has 2 rings (SSSR count). The molecule has 2 atom stereocenters. The molecule has 0 aliphatic carbocycles. The molecular weight excluding hydrogens is 250 g/mol. The van der Waals surface area contributed by atoms with Crippen LogP contribution >= 0.6 is 0 Å². The molecule has 0 amide bonds. The molecule has 3 heteroatoms. The molecule has 0 radical (unpaired) electrons. The van der Waals surface area contributed by atoms with Crippen LogP contribution in [0.1, 0.15) is 45.8 Å². The van der Waals surface area contributed by atoms with Gasteiger partial charge in [0.25, 0.3) is 0 Å². The van der Waals surface area contributed by atoms with Gasteiger partial charge in [-0.1, -0.05) is 26.0 Å². The van der Waals surface area contributed by atoms with Crippen molar-refractivity contribution in [3.63, 3.8) is 0 Å². The first-order valence-corrected chi connectivity index (χ1v) is 7.68. The Balaban J connectivity index is 1.97. The molecule has 1 heterocycles.